The molecule has 7 N–H and O–H groups in total. The number of carbonyl (C=O) groups is 2. The highest BCUT2D eigenvalue weighted by Crippen LogP contribution is 2.23. The number of aromatic carboxylic acids is 1. The number of amides is 1. The molecular formula is C10H14N4O3. The minimum Gasteiger partial charge on any atom is -0.478 e. The topological polar surface area (TPSA) is 130 Å². The molecule has 1 amide bonds. The number of hydrogen-bond donors (Lipinski definition) is 5. The van der Waals surface area contributed by atoms with E-state index in [1.807, 2.05) is 0 Å². The molecule has 0 saturated heterocycles. The van der Waals surface area contributed by atoms with E-state index >= 15 is 0 Å². The standard InChI is InChI=1S/C10H14N4O3/c1-5(15)13-7-3-2-6(9(16)17)4-8(7)14-10(11)12/h2-4,10,14H,11-12H2,1H3,(H,13,15)(H,16,17). The number of rotatable bonds is 4. The summed E-state index contributed by atoms with van der Waals surface area (Å²) >= 11 is 0. The number of hydrogen-bond acceptors (Lipinski definition) is 5. The predicted octanol–water partition coefficient (Wildman–Crippen LogP) is -0.0439. The maximum Gasteiger partial charge on any atom is 0.335 e. The molecule has 0 aromatic heterocycles. The molecule has 0 aliphatic rings. The van der Waals surface area contributed by atoms with Gasteiger partial charge >= 0.3 is 5.97 Å². The number of anilines is 2. The average Bonchev–Trinajstić information content (AvgIpc) is 2.18. The summed E-state index contributed by atoms with van der Waals surface area (Å²) in [6.45, 7) is 1.34. The maximum atomic E-state index is 11.0. The summed E-state index contributed by atoms with van der Waals surface area (Å²) in [6.07, 6.45) is -0.855. The molecule has 1 rings (SSSR count). The third kappa shape index (κ3) is 3.74. The third-order valence-corrected chi connectivity index (χ3v) is 1.90. The molecule has 0 bridgehead atoms. The highest BCUT2D eigenvalue weighted by atomic mass is 16.4. The lowest BCUT2D eigenvalue weighted by Crippen LogP contribution is -2.38. The first-order valence-electron chi connectivity index (χ1n) is 4.83. The molecule has 0 atom stereocenters. The number of carboxylic acid groups (broad SMARTS) is 1. The van der Waals surface area contributed by atoms with Crippen molar-refractivity contribution in [2.75, 3.05) is 10.6 Å². The van der Waals surface area contributed by atoms with Crippen molar-refractivity contribution in [3.05, 3.63) is 23.8 Å². The van der Waals surface area contributed by atoms with Gasteiger partial charge in [0.25, 0.3) is 0 Å². The van der Waals surface area contributed by atoms with Crippen molar-refractivity contribution in [2.24, 2.45) is 11.5 Å². The molecule has 0 fully saturated rings. The summed E-state index contributed by atoms with van der Waals surface area (Å²) in [6, 6.07) is 4.19. The molecule has 0 saturated carbocycles. The zero-order valence-electron chi connectivity index (χ0n) is 9.23. The molecule has 1 aromatic carbocycles. The van der Waals surface area contributed by atoms with Crippen molar-refractivity contribution in [3.63, 3.8) is 0 Å². The Morgan fingerprint density at radius 1 is 1.29 bits per heavy atom. The van der Waals surface area contributed by atoms with Gasteiger partial charge in [-0.1, -0.05) is 0 Å². The van der Waals surface area contributed by atoms with E-state index in [4.69, 9.17) is 16.6 Å². The molecule has 0 aliphatic heterocycles. The van der Waals surface area contributed by atoms with Crippen LogP contribution >= 0.6 is 0 Å². The van der Waals surface area contributed by atoms with E-state index in [1.165, 1.54) is 25.1 Å². The van der Waals surface area contributed by atoms with Crippen molar-refractivity contribution in [1.82, 2.24) is 0 Å². The van der Waals surface area contributed by atoms with Gasteiger partial charge in [-0.25, -0.2) is 4.79 Å². The van der Waals surface area contributed by atoms with Gasteiger partial charge in [0.05, 0.1) is 16.9 Å². The van der Waals surface area contributed by atoms with Crippen LogP contribution in [0, 0.1) is 0 Å². The Hall–Kier alpha value is -2.12. The van der Waals surface area contributed by atoms with Gasteiger partial charge in [-0.15, -0.1) is 0 Å². The van der Waals surface area contributed by atoms with E-state index in [2.05, 4.69) is 10.6 Å². The lowest BCUT2D eigenvalue weighted by atomic mass is 10.1. The van der Waals surface area contributed by atoms with Crippen LogP contribution in [0.2, 0.25) is 0 Å². The second-order valence-corrected chi connectivity index (χ2v) is 3.42. The summed E-state index contributed by atoms with van der Waals surface area (Å²) in [5, 5.41) is 14.0. The Kier molecular flexibility index (Phi) is 4.02. The van der Waals surface area contributed by atoms with Crippen LogP contribution < -0.4 is 22.1 Å². The van der Waals surface area contributed by atoms with Gasteiger partial charge in [0.1, 0.15) is 6.29 Å². The van der Waals surface area contributed by atoms with Crippen LogP contribution in [0.4, 0.5) is 11.4 Å². The Balaban J connectivity index is 3.11. The monoisotopic (exact) mass is 238 g/mol. The van der Waals surface area contributed by atoms with E-state index in [9.17, 15) is 9.59 Å². The minimum atomic E-state index is -1.08. The Morgan fingerprint density at radius 2 is 1.94 bits per heavy atom. The Bertz CT molecular complexity index is 445. The summed E-state index contributed by atoms with van der Waals surface area (Å²) in [4.78, 5) is 21.7. The number of nitrogens with two attached hydrogens (primary N) is 2. The van der Waals surface area contributed by atoms with Crippen LogP contribution in [0.3, 0.4) is 0 Å². The Morgan fingerprint density at radius 3 is 2.41 bits per heavy atom. The molecule has 17 heavy (non-hydrogen) atoms. The zero-order chi connectivity index (χ0) is 13.0. The first-order chi connectivity index (χ1) is 7.90. The van der Waals surface area contributed by atoms with Crippen molar-refractivity contribution in [1.29, 1.82) is 0 Å². The molecule has 0 spiro atoms. The van der Waals surface area contributed by atoms with Gasteiger partial charge in [0, 0.05) is 6.92 Å². The van der Waals surface area contributed by atoms with Gasteiger partial charge in [-0.3, -0.25) is 16.3 Å². The highest BCUT2D eigenvalue weighted by Gasteiger charge is 2.10. The van der Waals surface area contributed by atoms with E-state index < -0.39 is 12.3 Å². The van der Waals surface area contributed by atoms with Crippen LogP contribution in [-0.2, 0) is 4.79 Å². The van der Waals surface area contributed by atoms with Crippen molar-refractivity contribution in [3.8, 4) is 0 Å². The molecule has 1 aromatic rings. The fraction of sp³-hybridized carbons (Fsp3) is 0.200. The normalized spacial score (nSPS) is 10.1. The maximum absolute atomic E-state index is 11.0. The van der Waals surface area contributed by atoms with Crippen molar-refractivity contribution >= 4 is 23.3 Å². The second kappa shape index (κ2) is 5.28. The van der Waals surface area contributed by atoms with Gasteiger partial charge in [-0.05, 0) is 18.2 Å². The molecule has 92 valence electrons. The average molecular weight is 238 g/mol. The van der Waals surface area contributed by atoms with Crippen LogP contribution in [-0.4, -0.2) is 23.3 Å². The lowest BCUT2D eigenvalue weighted by molar-refractivity contribution is -0.114. The summed E-state index contributed by atoms with van der Waals surface area (Å²) < 4.78 is 0. The van der Waals surface area contributed by atoms with Crippen molar-refractivity contribution < 1.29 is 14.7 Å². The van der Waals surface area contributed by atoms with Crippen LogP contribution in [0.25, 0.3) is 0 Å². The summed E-state index contributed by atoms with van der Waals surface area (Å²) in [5.74, 6) is -1.35. The first kappa shape index (κ1) is 12.9. The van der Waals surface area contributed by atoms with E-state index in [0.29, 0.717) is 11.4 Å². The van der Waals surface area contributed by atoms with Gasteiger partial charge < -0.3 is 15.7 Å². The van der Waals surface area contributed by atoms with Gasteiger partial charge in [0.2, 0.25) is 5.91 Å². The minimum absolute atomic E-state index is 0.0715. The second-order valence-electron chi connectivity index (χ2n) is 3.42. The number of carbonyl (C=O) groups excluding carboxylic acids is 1. The fourth-order valence-corrected chi connectivity index (χ4v) is 1.27. The molecule has 0 unspecified atom stereocenters. The molecule has 7 heteroatoms. The lowest BCUT2D eigenvalue weighted by Gasteiger charge is -2.15. The SMILES string of the molecule is CC(=O)Nc1ccc(C(=O)O)cc1NC(N)N. The van der Waals surface area contributed by atoms with Crippen molar-refractivity contribution in [2.45, 2.75) is 13.2 Å². The first-order valence-corrected chi connectivity index (χ1v) is 4.83. The van der Waals surface area contributed by atoms with E-state index in [-0.39, 0.29) is 11.5 Å². The molecule has 0 heterocycles. The smallest absolute Gasteiger partial charge is 0.335 e. The van der Waals surface area contributed by atoms with E-state index in [0.717, 1.165) is 0 Å². The fourth-order valence-electron chi connectivity index (χ4n) is 1.27. The largest absolute Gasteiger partial charge is 0.478 e. The quantitative estimate of drug-likeness (QED) is 0.468. The zero-order valence-corrected chi connectivity index (χ0v) is 9.23. The molecule has 7 nitrogen and oxygen atoms in total. The van der Waals surface area contributed by atoms with E-state index in [1.54, 1.807) is 0 Å². The Labute approximate surface area is 97.8 Å². The number of benzene rings is 1. The van der Waals surface area contributed by atoms with Crippen LogP contribution in [0.5, 0.6) is 0 Å². The molecular weight excluding hydrogens is 224 g/mol. The van der Waals surface area contributed by atoms with Crippen LogP contribution in [0.1, 0.15) is 17.3 Å². The number of carboxylic acids is 1. The summed E-state index contributed by atoms with van der Waals surface area (Å²) in [7, 11) is 0. The van der Waals surface area contributed by atoms with Gasteiger partial charge in [0.15, 0.2) is 0 Å². The van der Waals surface area contributed by atoms with Gasteiger partial charge in [-0.2, -0.15) is 0 Å². The molecule has 0 aliphatic carbocycles. The third-order valence-electron chi connectivity index (χ3n) is 1.90. The predicted molar refractivity (Wildman–Crippen MR) is 63.5 cm³/mol. The highest BCUT2D eigenvalue weighted by molar-refractivity contribution is 5.95. The number of nitrogens with one attached hydrogen (secondary N) is 2. The summed E-state index contributed by atoms with van der Waals surface area (Å²) in [5.41, 5.74) is 11.6. The van der Waals surface area contributed by atoms with Crippen LogP contribution in [0.15, 0.2) is 18.2 Å². The molecule has 0 radical (unpaired) electrons.